The Kier molecular flexibility index (Phi) is 4.41. The molecule has 0 bridgehead atoms. The van der Waals surface area contributed by atoms with Crippen molar-refractivity contribution in [2.24, 2.45) is 10.9 Å². The lowest BCUT2D eigenvalue weighted by molar-refractivity contribution is 0.130. The van der Waals surface area contributed by atoms with Gasteiger partial charge in [-0.15, -0.1) is 0 Å². The first-order chi connectivity index (χ1) is 9.29. The molecular formula is C13H14N4O2. The number of nitrogens with two attached hydrogens (primary N) is 1. The number of hydrogen-bond acceptors (Lipinski definition) is 5. The van der Waals surface area contributed by atoms with Gasteiger partial charge in [-0.2, -0.15) is 0 Å². The van der Waals surface area contributed by atoms with Crippen LogP contribution in [0.5, 0.6) is 0 Å². The van der Waals surface area contributed by atoms with E-state index in [1.807, 2.05) is 24.3 Å². The van der Waals surface area contributed by atoms with E-state index in [4.69, 9.17) is 15.7 Å². The molecule has 2 aromatic rings. The largest absolute Gasteiger partial charge is 0.392 e. The van der Waals surface area contributed by atoms with E-state index in [0.717, 1.165) is 11.1 Å². The van der Waals surface area contributed by atoms with E-state index in [2.05, 4.69) is 15.1 Å². The Morgan fingerprint density at radius 1 is 1.21 bits per heavy atom. The zero-order valence-electron chi connectivity index (χ0n) is 10.2. The number of aliphatic hydroxyl groups is 1. The molecule has 0 radical (unpaired) electrons. The van der Waals surface area contributed by atoms with Gasteiger partial charge in [-0.3, -0.25) is 4.98 Å². The molecule has 6 nitrogen and oxygen atoms in total. The third-order valence-electron chi connectivity index (χ3n) is 2.43. The molecule has 0 unspecified atom stereocenters. The van der Waals surface area contributed by atoms with Gasteiger partial charge in [0.05, 0.1) is 12.8 Å². The van der Waals surface area contributed by atoms with Gasteiger partial charge in [-0.25, -0.2) is 4.98 Å². The second-order valence-corrected chi connectivity index (χ2v) is 3.82. The molecule has 19 heavy (non-hydrogen) atoms. The maximum absolute atomic E-state index is 8.92. The number of aromatic nitrogens is 2. The van der Waals surface area contributed by atoms with Gasteiger partial charge >= 0.3 is 0 Å². The highest BCUT2D eigenvalue weighted by Crippen LogP contribution is 2.06. The summed E-state index contributed by atoms with van der Waals surface area (Å²) in [4.78, 5) is 13.0. The molecule has 0 atom stereocenters. The van der Waals surface area contributed by atoms with Crippen molar-refractivity contribution in [1.29, 1.82) is 0 Å². The minimum absolute atomic E-state index is 0.0267. The van der Waals surface area contributed by atoms with Crippen LogP contribution in [0.25, 0.3) is 0 Å². The average molecular weight is 258 g/mol. The molecule has 0 saturated heterocycles. The van der Waals surface area contributed by atoms with Crippen molar-refractivity contribution < 1.29 is 9.94 Å². The van der Waals surface area contributed by atoms with E-state index in [9.17, 15) is 0 Å². The van der Waals surface area contributed by atoms with Gasteiger partial charge in [0.1, 0.15) is 12.3 Å². The molecule has 2 rings (SSSR count). The summed E-state index contributed by atoms with van der Waals surface area (Å²) in [5.74, 6) is 0.181. The highest BCUT2D eigenvalue weighted by molar-refractivity contribution is 5.94. The van der Waals surface area contributed by atoms with Crippen LogP contribution in [0.15, 0.2) is 48.0 Å². The highest BCUT2D eigenvalue weighted by atomic mass is 16.6. The van der Waals surface area contributed by atoms with Crippen molar-refractivity contribution in [2.75, 3.05) is 0 Å². The fraction of sp³-hybridized carbons (Fsp3) is 0.154. The maximum Gasteiger partial charge on any atom is 0.190 e. The lowest BCUT2D eigenvalue weighted by Crippen LogP contribution is -2.15. The van der Waals surface area contributed by atoms with Crippen LogP contribution in [0.1, 0.15) is 16.8 Å². The maximum atomic E-state index is 8.92. The molecule has 0 aliphatic carbocycles. The van der Waals surface area contributed by atoms with Crippen LogP contribution in [0, 0.1) is 0 Å². The summed E-state index contributed by atoms with van der Waals surface area (Å²) in [6.07, 6.45) is 4.60. The quantitative estimate of drug-likeness (QED) is 0.470. The number of aliphatic hydroxyl groups excluding tert-OH is 1. The van der Waals surface area contributed by atoms with Crippen molar-refractivity contribution in [3.05, 3.63) is 59.7 Å². The Morgan fingerprint density at radius 3 is 2.58 bits per heavy atom. The molecule has 0 aliphatic rings. The predicted molar refractivity (Wildman–Crippen MR) is 69.9 cm³/mol. The summed E-state index contributed by atoms with van der Waals surface area (Å²) < 4.78 is 0. The van der Waals surface area contributed by atoms with Gasteiger partial charge in [0.25, 0.3) is 0 Å². The third-order valence-corrected chi connectivity index (χ3v) is 2.43. The fourth-order valence-corrected chi connectivity index (χ4v) is 1.40. The van der Waals surface area contributed by atoms with Crippen LogP contribution in [-0.4, -0.2) is 20.9 Å². The SMILES string of the molecule is N/C(=N/OCc1ccc(CO)cc1)c1cnccn1. The van der Waals surface area contributed by atoms with E-state index in [1.165, 1.54) is 12.4 Å². The Bertz CT molecular complexity index is 540. The molecule has 0 fully saturated rings. The predicted octanol–water partition coefficient (Wildman–Crippen LogP) is 0.806. The van der Waals surface area contributed by atoms with Gasteiger partial charge in [-0.05, 0) is 11.1 Å². The van der Waals surface area contributed by atoms with E-state index in [-0.39, 0.29) is 12.4 Å². The van der Waals surface area contributed by atoms with Gasteiger partial charge in [0, 0.05) is 12.4 Å². The Labute approximate surface area is 110 Å². The van der Waals surface area contributed by atoms with E-state index in [0.29, 0.717) is 12.3 Å². The number of nitrogens with zero attached hydrogens (tertiary/aromatic N) is 3. The molecule has 1 heterocycles. The average Bonchev–Trinajstić information content (AvgIpc) is 2.49. The van der Waals surface area contributed by atoms with Crippen LogP contribution in [-0.2, 0) is 18.1 Å². The van der Waals surface area contributed by atoms with Gasteiger partial charge in [0.2, 0.25) is 0 Å². The van der Waals surface area contributed by atoms with Crippen molar-refractivity contribution >= 4 is 5.84 Å². The van der Waals surface area contributed by atoms with Crippen molar-refractivity contribution in [3.63, 3.8) is 0 Å². The van der Waals surface area contributed by atoms with Gasteiger partial charge in [-0.1, -0.05) is 29.4 Å². The Balaban J connectivity index is 1.92. The second kappa shape index (κ2) is 6.46. The standard InChI is InChI=1S/C13H14N4O2/c14-13(12-7-15-5-6-16-12)17-19-9-11-3-1-10(8-18)2-4-11/h1-7,18H,8-9H2,(H2,14,17). The first kappa shape index (κ1) is 13.0. The molecule has 0 amide bonds. The monoisotopic (exact) mass is 258 g/mol. The van der Waals surface area contributed by atoms with Crippen LogP contribution in [0.4, 0.5) is 0 Å². The topological polar surface area (TPSA) is 93.6 Å². The van der Waals surface area contributed by atoms with Crippen LogP contribution in [0.3, 0.4) is 0 Å². The van der Waals surface area contributed by atoms with Crippen molar-refractivity contribution in [1.82, 2.24) is 9.97 Å². The molecule has 1 aromatic heterocycles. The fourth-order valence-electron chi connectivity index (χ4n) is 1.40. The number of amidine groups is 1. The first-order valence-electron chi connectivity index (χ1n) is 5.70. The van der Waals surface area contributed by atoms with E-state index >= 15 is 0 Å². The number of benzene rings is 1. The summed E-state index contributed by atoms with van der Waals surface area (Å²) in [7, 11) is 0. The molecular weight excluding hydrogens is 244 g/mol. The lowest BCUT2D eigenvalue weighted by atomic mass is 10.1. The molecule has 98 valence electrons. The number of oxime groups is 1. The summed E-state index contributed by atoms with van der Waals surface area (Å²) in [6, 6.07) is 7.38. The molecule has 3 N–H and O–H groups in total. The zero-order chi connectivity index (χ0) is 13.5. The summed E-state index contributed by atoms with van der Waals surface area (Å²) in [5.41, 5.74) is 7.96. The minimum atomic E-state index is 0.0267. The van der Waals surface area contributed by atoms with E-state index < -0.39 is 0 Å². The van der Waals surface area contributed by atoms with Crippen molar-refractivity contribution in [3.8, 4) is 0 Å². The molecule has 0 spiro atoms. The van der Waals surface area contributed by atoms with Crippen LogP contribution in [0.2, 0.25) is 0 Å². The van der Waals surface area contributed by atoms with Gasteiger partial charge < -0.3 is 15.7 Å². The number of hydrogen-bond donors (Lipinski definition) is 2. The normalized spacial score (nSPS) is 11.3. The van der Waals surface area contributed by atoms with E-state index in [1.54, 1.807) is 6.20 Å². The smallest absolute Gasteiger partial charge is 0.190 e. The summed E-state index contributed by atoms with van der Waals surface area (Å²) in [5, 5.41) is 12.7. The van der Waals surface area contributed by atoms with Crippen LogP contribution >= 0.6 is 0 Å². The summed E-state index contributed by atoms with van der Waals surface area (Å²) in [6.45, 7) is 0.325. The third kappa shape index (κ3) is 3.75. The zero-order valence-corrected chi connectivity index (χ0v) is 10.2. The highest BCUT2D eigenvalue weighted by Gasteiger charge is 2.00. The lowest BCUT2D eigenvalue weighted by Gasteiger charge is -2.02. The molecule has 1 aromatic carbocycles. The number of rotatable bonds is 5. The summed E-state index contributed by atoms with van der Waals surface area (Å²) >= 11 is 0. The van der Waals surface area contributed by atoms with Crippen LogP contribution < -0.4 is 5.73 Å². The van der Waals surface area contributed by atoms with Crippen molar-refractivity contribution in [2.45, 2.75) is 13.2 Å². The second-order valence-electron chi connectivity index (χ2n) is 3.82. The minimum Gasteiger partial charge on any atom is -0.392 e. The first-order valence-corrected chi connectivity index (χ1v) is 5.70. The van der Waals surface area contributed by atoms with Gasteiger partial charge in [0.15, 0.2) is 5.84 Å². The Hall–Kier alpha value is -2.47. The molecule has 6 heteroatoms. The molecule has 0 saturated carbocycles. The Morgan fingerprint density at radius 2 is 1.95 bits per heavy atom. The molecule has 0 aliphatic heterocycles.